The maximum atomic E-state index is 10.7. The first kappa shape index (κ1) is 14.4. The van der Waals surface area contributed by atoms with Crippen molar-refractivity contribution in [3.8, 4) is 0 Å². The second kappa shape index (κ2) is 5.52. The van der Waals surface area contributed by atoms with E-state index in [9.17, 15) is 4.79 Å². The fourth-order valence-corrected chi connectivity index (χ4v) is 3.77. The molecule has 0 heterocycles. The summed E-state index contributed by atoms with van der Waals surface area (Å²) in [4.78, 5) is 10.7. The molecule has 0 aliphatic heterocycles. The molecule has 2 nitrogen and oxygen atoms in total. The van der Waals surface area contributed by atoms with Gasteiger partial charge in [-0.3, -0.25) is 4.79 Å². The Hall–Kier alpha value is -1.05. The molecule has 2 heteroatoms. The Labute approximate surface area is 116 Å². The Morgan fingerprint density at radius 3 is 2.84 bits per heavy atom. The van der Waals surface area contributed by atoms with Gasteiger partial charge >= 0.3 is 5.97 Å². The SMILES string of the molecule is CC(=O)OC/C(C)=C\CC[C@]1(C)C2CC=C(C)C1C2. The van der Waals surface area contributed by atoms with Gasteiger partial charge in [-0.2, -0.15) is 0 Å². The molecular formula is C17H26O2. The van der Waals surface area contributed by atoms with Crippen molar-refractivity contribution in [1.82, 2.24) is 0 Å². The van der Waals surface area contributed by atoms with Crippen molar-refractivity contribution in [3.05, 3.63) is 23.3 Å². The van der Waals surface area contributed by atoms with E-state index >= 15 is 0 Å². The van der Waals surface area contributed by atoms with Crippen LogP contribution in [0.15, 0.2) is 23.3 Å². The van der Waals surface area contributed by atoms with Gasteiger partial charge in [0.1, 0.15) is 6.61 Å². The number of carbonyl (C=O) groups is 1. The lowest BCUT2D eigenvalue weighted by Gasteiger charge is -2.58. The molecule has 1 fully saturated rings. The third kappa shape index (κ3) is 2.93. The number of carbonyl (C=O) groups excluding carboxylic acids is 1. The lowest BCUT2D eigenvalue weighted by molar-refractivity contribution is -0.139. The molecule has 0 aromatic rings. The minimum atomic E-state index is -0.200. The highest BCUT2D eigenvalue weighted by atomic mass is 16.5. The Morgan fingerprint density at radius 1 is 1.53 bits per heavy atom. The summed E-state index contributed by atoms with van der Waals surface area (Å²) in [6, 6.07) is 0. The largest absolute Gasteiger partial charge is 0.461 e. The number of esters is 1. The maximum Gasteiger partial charge on any atom is 0.302 e. The molecule has 0 amide bonds. The zero-order valence-electron chi connectivity index (χ0n) is 12.7. The molecule has 3 atom stereocenters. The summed E-state index contributed by atoms with van der Waals surface area (Å²) in [5.74, 6) is 1.51. The van der Waals surface area contributed by atoms with Gasteiger partial charge in [0.05, 0.1) is 0 Å². The van der Waals surface area contributed by atoms with E-state index in [0.717, 1.165) is 23.8 Å². The predicted octanol–water partition coefficient (Wildman–Crippen LogP) is 4.27. The van der Waals surface area contributed by atoms with Crippen LogP contribution in [0.5, 0.6) is 0 Å². The minimum absolute atomic E-state index is 0.200. The summed E-state index contributed by atoms with van der Waals surface area (Å²) >= 11 is 0. The van der Waals surface area contributed by atoms with Gasteiger partial charge in [0.25, 0.3) is 0 Å². The van der Waals surface area contributed by atoms with Crippen LogP contribution in [0.3, 0.4) is 0 Å². The highest BCUT2D eigenvalue weighted by Gasteiger charge is 2.52. The summed E-state index contributed by atoms with van der Waals surface area (Å²) < 4.78 is 5.00. The zero-order valence-corrected chi connectivity index (χ0v) is 12.7. The third-order valence-corrected chi connectivity index (χ3v) is 5.20. The van der Waals surface area contributed by atoms with E-state index in [4.69, 9.17) is 4.74 Å². The fourth-order valence-electron chi connectivity index (χ4n) is 3.77. The van der Waals surface area contributed by atoms with Crippen LogP contribution in [-0.4, -0.2) is 12.6 Å². The molecule has 0 aromatic heterocycles. The van der Waals surface area contributed by atoms with E-state index in [1.807, 2.05) is 6.92 Å². The van der Waals surface area contributed by atoms with Crippen LogP contribution in [0.1, 0.15) is 53.4 Å². The molecule has 0 saturated heterocycles. The van der Waals surface area contributed by atoms with E-state index < -0.39 is 0 Å². The van der Waals surface area contributed by atoms with Gasteiger partial charge in [-0.05, 0) is 62.4 Å². The van der Waals surface area contributed by atoms with Crippen molar-refractivity contribution in [2.45, 2.75) is 53.4 Å². The van der Waals surface area contributed by atoms with Crippen LogP contribution in [0.25, 0.3) is 0 Å². The summed E-state index contributed by atoms with van der Waals surface area (Å²) in [7, 11) is 0. The number of allylic oxidation sites excluding steroid dienone is 3. The van der Waals surface area contributed by atoms with E-state index in [1.54, 1.807) is 5.57 Å². The number of hydrogen-bond donors (Lipinski definition) is 0. The Kier molecular flexibility index (Phi) is 4.17. The molecule has 106 valence electrons. The van der Waals surface area contributed by atoms with Crippen molar-refractivity contribution in [1.29, 1.82) is 0 Å². The van der Waals surface area contributed by atoms with Crippen LogP contribution in [-0.2, 0) is 9.53 Å². The van der Waals surface area contributed by atoms with Gasteiger partial charge < -0.3 is 4.74 Å². The van der Waals surface area contributed by atoms with E-state index in [-0.39, 0.29) is 5.97 Å². The molecule has 3 rings (SSSR count). The Morgan fingerprint density at radius 2 is 2.26 bits per heavy atom. The molecule has 19 heavy (non-hydrogen) atoms. The topological polar surface area (TPSA) is 26.3 Å². The summed E-state index contributed by atoms with van der Waals surface area (Å²) in [5.41, 5.74) is 3.28. The molecule has 0 radical (unpaired) electrons. The van der Waals surface area contributed by atoms with Crippen molar-refractivity contribution in [2.24, 2.45) is 17.3 Å². The van der Waals surface area contributed by atoms with E-state index in [2.05, 4.69) is 26.0 Å². The highest BCUT2D eigenvalue weighted by molar-refractivity contribution is 5.66. The van der Waals surface area contributed by atoms with E-state index in [0.29, 0.717) is 12.0 Å². The molecule has 0 spiro atoms. The first-order valence-electron chi connectivity index (χ1n) is 7.39. The Balaban J connectivity index is 1.82. The lowest BCUT2D eigenvalue weighted by Crippen LogP contribution is -2.49. The van der Waals surface area contributed by atoms with E-state index in [1.165, 1.54) is 26.2 Å². The first-order chi connectivity index (χ1) is 8.93. The van der Waals surface area contributed by atoms with Gasteiger partial charge in [-0.1, -0.05) is 24.6 Å². The third-order valence-electron chi connectivity index (χ3n) is 5.20. The number of ether oxygens (including phenoxy) is 1. The first-order valence-corrected chi connectivity index (χ1v) is 7.39. The van der Waals surface area contributed by atoms with Crippen LogP contribution in [0, 0.1) is 17.3 Å². The van der Waals surface area contributed by atoms with Crippen molar-refractivity contribution < 1.29 is 9.53 Å². The van der Waals surface area contributed by atoms with Crippen LogP contribution >= 0.6 is 0 Å². The van der Waals surface area contributed by atoms with Crippen LogP contribution in [0.4, 0.5) is 0 Å². The quantitative estimate of drug-likeness (QED) is 0.546. The van der Waals surface area contributed by atoms with Crippen LogP contribution in [0.2, 0.25) is 0 Å². The predicted molar refractivity (Wildman–Crippen MR) is 77.7 cm³/mol. The molecular weight excluding hydrogens is 236 g/mol. The summed E-state index contributed by atoms with van der Waals surface area (Å²) in [6.07, 6.45) is 9.70. The minimum Gasteiger partial charge on any atom is -0.461 e. The molecule has 3 aliphatic rings. The summed E-state index contributed by atoms with van der Waals surface area (Å²) in [5, 5.41) is 0. The smallest absolute Gasteiger partial charge is 0.302 e. The van der Waals surface area contributed by atoms with Gasteiger partial charge in [0.2, 0.25) is 0 Å². The maximum absolute atomic E-state index is 10.7. The highest BCUT2D eigenvalue weighted by Crippen LogP contribution is 2.61. The number of rotatable bonds is 5. The lowest BCUT2D eigenvalue weighted by atomic mass is 9.47. The number of fused-ring (bicyclic) bond motifs is 1. The molecule has 2 bridgehead atoms. The normalized spacial score (nSPS) is 33.5. The monoisotopic (exact) mass is 262 g/mol. The second-order valence-electron chi connectivity index (χ2n) is 6.54. The fraction of sp³-hybridized carbons (Fsp3) is 0.706. The zero-order chi connectivity index (χ0) is 14.0. The standard InChI is InChI=1S/C17H26O2/c1-12(11-19-14(3)18)6-5-9-17(4)15-8-7-13(2)16(17)10-15/h6-7,15-16H,5,8-11H2,1-4H3/b12-6-/t15?,16?,17-/m1/s1. The van der Waals surface area contributed by atoms with Gasteiger partial charge in [-0.25, -0.2) is 0 Å². The van der Waals surface area contributed by atoms with Crippen molar-refractivity contribution in [3.63, 3.8) is 0 Å². The van der Waals surface area contributed by atoms with Crippen molar-refractivity contribution >= 4 is 5.97 Å². The van der Waals surface area contributed by atoms with Crippen LogP contribution < -0.4 is 0 Å². The van der Waals surface area contributed by atoms with Gasteiger partial charge in [0.15, 0.2) is 0 Å². The average molecular weight is 262 g/mol. The van der Waals surface area contributed by atoms with Gasteiger partial charge in [0, 0.05) is 6.92 Å². The molecule has 1 saturated carbocycles. The number of hydrogen-bond acceptors (Lipinski definition) is 2. The second-order valence-corrected chi connectivity index (χ2v) is 6.54. The van der Waals surface area contributed by atoms with Gasteiger partial charge in [-0.15, -0.1) is 0 Å². The molecule has 2 unspecified atom stereocenters. The molecule has 3 aliphatic carbocycles. The average Bonchev–Trinajstić information content (AvgIpc) is 2.35. The van der Waals surface area contributed by atoms with Crippen molar-refractivity contribution in [2.75, 3.05) is 6.61 Å². The molecule has 0 N–H and O–H groups in total. The Bertz CT molecular complexity index is 419. The summed E-state index contributed by atoms with van der Waals surface area (Å²) in [6.45, 7) is 8.69. The molecule has 0 aromatic carbocycles.